The summed E-state index contributed by atoms with van der Waals surface area (Å²) in [5, 5.41) is 8.89. The molecule has 64 valence electrons. The zero-order valence-electron chi connectivity index (χ0n) is 7.62. The van der Waals surface area contributed by atoms with Crippen LogP contribution in [0.15, 0.2) is 24.3 Å². The van der Waals surface area contributed by atoms with Crippen LogP contribution in [0.3, 0.4) is 0 Å². The highest BCUT2D eigenvalue weighted by Gasteiger charge is 1.86. The molecule has 1 heteroatoms. The van der Waals surface area contributed by atoms with Crippen molar-refractivity contribution in [2.75, 3.05) is 0 Å². The van der Waals surface area contributed by atoms with Gasteiger partial charge in [-0.3, -0.25) is 0 Å². The summed E-state index contributed by atoms with van der Waals surface area (Å²) in [6.45, 7) is 6.06. The predicted octanol–water partition coefficient (Wildman–Crippen LogP) is 2.53. The third-order valence-corrected chi connectivity index (χ3v) is 1.22. The first-order valence-electron chi connectivity index (χ1n) is 4.14. The van der Waals surface area contributed by atoms with E-state index in [1.807, 2.05) is 18.2 Å². The molecule has 0 aromatic heterocycles. The van der Waals surface area contributed by atoms with E-state index >= 15 is 0 Å². The molecule has 0 spiro atoms. The number of hydrogen-bond acceptors (Lipinski definition) is 1. The second-order valence-electron chi connectivity index (χ2n) is 3.14. The van der Waals surface area contributed by atoms with Gasteiger partial charge in [0.05, 0.1) is 6.10 Å². The summed E-state index contributed by atoms with van der Waals surface area (Å²) in [5.74, 6) is 0.603. The lowest BCUT2D eigenvalue weighted by molar-refractivity contribution is 0.198. The van der Waals surface area contributed by atoms with Gasteiger partial charge in [0.2, 0.25) is 0 Å². The van der Waals surface area contributed by atoms with Gasteiger partial charge in [0, 0.05) is 0 Å². The topological polar surface area (TPSA) is 20.2 Å². The molecule has 11 heavy (non-hydrogen) atoms. The normalized spacial score (nSPS) is 15.4. The average Bonchev–Trinajstić information content (AvgIpc) is 1.85. The number of aliphatic hydroxyl groups excluding tert-OH is 1. The van der Waals surface area contributed by atoms with Crippen molar-refractivity contribution >= 4 is 0 Å². The molecule has 0 aromatic rings. The van der Waals surface area contributed by atoms with E-state index < -0.39 is 0 Å². The molecule has 1 nitrogen and oxygen atoms in total. The molecular weight excluding hydrogens is 136 g/mol. The van der Waals surface area contributed by atoms with Crippen molar-refractivity contribution in [1.29, 1.82) is 0 Å². The molecule has 0 heterocycles. The van der Waals surface area contributed by atoms with Crippen LogP contribution < -0.4 is 0 Å². The second-order valence-corrected chi connectivity index (χ2v) is 3.14. The van der Waals surface area contributed by atoms with Gasteiger partial charge < -0.3 is 5.11 Å². The molecule has 0 aliphatic carbocycles. The Hall–Kier alpha value is -0.560. The molecule has 1 N–H and O–H groups in total. The second kappa shape index (κ2) is 6.17. The molecule has 0 aliphatic rings. The summed E-state index contributed by atoms with van der Waals surface area (Å²) in [5.41, 5.74) is 0. The van der Waals surface area contributed by atoms with Gasteiger partial charge in [-0.1, -0.05) is 38.2 Å². The molecule has 0 bridgehead atoms. The van der Waals surface area contributed by atoms with Crippen LogP contribution in [-0.2, 0) is 0 Å². The standard InChI is InChI=1S/C10H18O/c1-9(2)7-5-4-6-8-10(3)11/h4-7,9-11H,8H2,1-3H3/b6-4-,7-5-. The summed E-state index contributed by atoms with van der Waals surface area (Å²) in [6.07, 6.45) is 8.61. The van der Waals surface area contributed by atoms with E-state index in [0.717, 1.165) is 6.42 Å². The van der Waals surface area contributed by atoms with Crippen LogP contribution in [0, 0.1) is 5.92 Å². The fourth-order valence-corrected chi connectivity index (χ4v) is 0.640. The molecule has 0 rings (SSSR count). The zero-order valence-corrected chi connectivity index (χ0v) is 7.62. The maximum atomic E-state index is 8.89. The van der Waals surface area contributed by atoms with Crippen LogP contribution in [0.1, 0.15) is 27.2 Å². The monoisotopic (exact) mass is 154 g/mol. The van der Waals surface area contributed by atoms with E-state index in [1.54, 1.807) is 6.92 Å². The molecule has 1 unspecified atom stereocenters. The molecule has 0 aliphatic heterocycles. The number of allylic oxidation sites excluding steroid dienone is 3. The lowest BCUT2D eigenvalue weighted by atomic mass is 10.2. The van der Waals surface area contributed by atoms with Gasteiger partial charge in [0.1, 0.15) is 0 Å². The molecular formula is C10H18O. The van der Waals surface area contributed by atoms with Gasteiger partial charge in [0.25, 0.3) is 0 Å². The van der Waals surface area contributed by atoms with Crippen LogP contribution in [-0.4, -0.2) is 11.2 Å². The third kappa shape index (κ3) is 9.44. The van der Waals surface area contributed by atoms with Gasteiger partial charge in [-0.05, 0) is 19.3 Å². The summed E-state index contributed by atoms with van der Waals surface area (Å²) in [7, 11) is 0. The fraction of sp³-hybridized carbons (Fsp3) is 0.600. The van der Waals surface area contributed by atoms with Gasteiger partial charge in [-0.15, -0.1) is 0 Å². The minimum atomic E-state index is -0.223. The Kier molecular flexibility index (Phi) is 5.86. The van der Waals surface area contributed by atoms with E-state index in [-0.39, 0.29) is 6.10 Å². The highest BCUT2D eigenvalue weighted by Crippen LogP contribution is 1.95. The van der Waals surface area contributed by atoms with Crippen LogP contribution in [0.5, 0.6) is 0 Å². The first kappa shape index (κ1) is 10.4. The molecule has 0 saturated heterocycles. The van der Waals surface area contributed by atoms with Crippen LogP contribution in [0.2, 0.25) is 0 Å². The fourth-order valence-electron chi connectivity index (χ4n) is 0.640. The first-order valence-corrected chi connectivity index (χ1v) is 4.14. The quantitative estimate of drug-likeness (QED) is 0.617. The smallest absolute Gasteiger partial charge is 0.0546 e. The Labute approximate surface area is 69.4 Å². The Bertz CT molecular complexity index is 132. The molecule has 0 fully saturated rings. The molecule has 0 saturated carbocycles. The van der Waals surface area contributed by atoms with Crippen molar-refractivity contribution in [1.82, 2.24) is 0 Å². The summed E-state index contributed by atoms with van der Waals surface area (Å²) in [4.78, 5) is 0. The average molecular weight is 154 g/mol. The molecule has 0 amide bonds. The maximum Gasteiger partial charge on any atom is 0.0546 e. The van der Waals surface area contributed by atoms with Crippen molar-refractivity contribution in [3.05, 3.63) is 24.3 Å². The van der Waals surface area contributed by atoms with Gasteiger partial charge in [-0.25, -0.2) is 0 Å². The van der Waals surface area contributed by atoms with E-state index in [2.05, 4.69) is 19.9 Å². The number of rotatable bonds is 4. The Morgan fingerprint density at radius 1 is 1.18 bits per heavy atom. The lowest BCUT2D eigenvalue weighted by Gasteiger charge is -1.94. The first-order chi connectivity index (χ1) is 5.13. The van der Waals surface area contributed by atoms with Crippen molar-refractivity contribution in [3.63, 3.8) is 0 Å². The van der Waals surface area contributed by atoms with Gasteiger partial charge in [-0.2, -0.15) is 0 Å². The molecule has 0 radical (unpaired) electrons. The SMILES string of the molecule is CC(C)/C=C\C=C/CC(C)O. The highest BCUT2D eigenvalue weighted by atomic mass is 16.3. The lowest BCUT2D eigenvalue weighted by Crippen LogP contribution is -1.94. The van der Waals surface area contributed by atoms with Gasteiger partial charge in [0.15, 0.2) is 0 Å². The number of hydrogen-bond donors (Lipinski definition) is 1. The van der Waals surface area contributed by atoms with E-state index in [1.165, 1.54) is 0 Å². The maximum absolute atomic E-state index is 8.89. The van der Waals surface area contributed by atoms with Gasteiger partial charge >= 0.3 is 0 Å². The summed E-state index contributed by atoms with van der Waals surface area (Å²) in [6, 6.07) is 0. The minimum absolute atomic E-state index is 0.223. The largest absolute Gasteiger partial charge is 0.393 e. The summed E-state index contributed by atoms with van der Waals surface area (Å²) >= 11 is 0. The van der Waals surface area contributed by atoms with E-state index in [9.17, 15) is 0 Å². The van der Waals surface area contributed by atoms with Crippen LogP contribution >= 0.6 is 0 Å². The van der Waals surface area contributed by atoms with Crippen LogP contribution in [0.4, 0.5) is 0 Å². The molecule has 0 aromatic carbocycles. The van der Waals surface area contributed by atoms with Crippen LogP contribution in [0.25, 0.3) is 0 Å². The van der Waals surface area contributed by atoms with E-state index in [0.29, 0.717) is 5.92 Å². The zero-order chi connectivity index (χ0) is 8.69. The number of aliphatic hydroxyl groups is 1. The Morgan fingerprint density at radius 3 is 2.27 bits per heavy atom. The van der Waals surface area contributed by atoms with Crippen molar-refractivity contribution in [2.45, 2.75) is 33.3 Å². The minimum Gasteiger partial charge on any atom is -0.393 e. The highest BCUT2D eigenvalue weighted by molar-refractivity contribution is 5.03. The summed E-state index contributed by atoms with van der Waals surface area (Å²) < 4.78 is 0. The van der Waals surface area contributed by atoms with Crippen molar-refractivity contribution in [2.24, 2.45) is 5.92 Å². The molecule has 1 atom stereocenters. The third-order valence-electron chi connectivity index (χ3n) is 1.22. The Balaban J connectivity index is 3.44. The Morgan fingerprint density at radius 2 is 1.82 bits per heavy atom. The van der Waals surface area contributed by atoms with Crippen molar-refractivity contribution in [3.8, 4) is 0 Å². The van der Waals surface area contributed by atoms with E-state index in [4.69, 9.17) is 5.11 Å². The predicted molar refractivity (Wildman–Crippen MR) is 49.4 cm³/mol. The van der Waals surface area contributed by atoms with Crippen molar-refractivity contribution < 1.29 is 5.11 Å².